The molecule has 0 fully saturated rings. The molecule has 0 bridgehead atoms. The van der Waals surface area contributed by atoms with E-state index in [0.717, 1.165) is 44.5 Å². The molecule has 1 aliphatic rings. The Morgan fingerprint density at radius 2 is 2.12 bits per heavy atom. The van der Waals surface area contributed by atoms with Crippen LogP contribution < -0.4 is 10.6 Å². The summed E-state index contributed by atoms with van der Waals surface area (Å²) in [7, 11) is 4.06. The molecule has 6 heteroatoms. The number of hydrogen-bond donors (Lipinski definition) is 2. The van der Waals surface area contributed by atoms with E-state index in [1.165, 1.54) is 11.1 Å². The molecule has 1 heterocycles. The average Bonchev–Trinajstić information content (AvgIpc) is 2.91. The van der Waals surface area contributed by atoms with Crippen LogP contribution in [0, 0.1) is 0 Å². The minimum atomic E-state index is -0.156. The maximum absolute atomic E-state index is 12.3. The fourth-order valence-corrected chi connectivity index (χ4v) is 3.24. The molecule has 0 saturated carbocycles. The molecule has 1 aliphatic carbocycles. The number of anilines is 1. The number of hydrogen-bond acceptors (Lipinski definition) is 3. The van der Waals surface area contributed by atoms with Crippen molar-refractivity contribution in [3.05, 3.63) is 47.8 Å². The van der Waals surface area contributed by atoms with E-state index in [1.54, 1.807) is 6.20 Å². The molecule has 134 valence electrons. The molecule has 3 rings (SSSR count). The first-order valence-corrected chi connectivity index (χ1v) is 8.91. The number of nitrogens with one attached hydrogen (secondary N) is 2. The molecule has 0 radical (unpaired) electrons. The second kappa shape index (κ2) is 8.16. The Hall–Kier alpha value is -2.34. The predicted molar refractivity (Wildman–Crippen MR) is 99.8 cm³/mol. The van der Waals surface area contributed by atoms with Gasteiger partial charge in [0.05, 0.1) is 18.4 Å². The molecule has 1 unspecified atom stereocenters. The van der Waals surface area contributed by atoms with Gasteiger partial charge in [0.25, 0.3) is 0 Å². The number of likely N-dealkylation sites (N-methyl/N-ethyl adjacent to an activating group) is 1. The molecule has 1 aromatic carbocycles. The number of nitrogens with zero attached hydrogens (tertiary/aromatic N) is 3. The number of fused-ring (bicyclic) bond motifs is 1. The minimum Gasteiger partial charge on any atom is -0.335 e. The standard InChI is InChI=1S/C19H27N5O/c1-23(2)10-11-24-14-18(13-20-24)22-19(25)21-17-9-5-8-15-6-3-4-7-16(15)12-17/h3-4,6-7,13-14,17H,5,8-12H2,1-2H3,(H2,21,22,25). The molecular weight excluding hydrogens is 314 g/mol. The number of carbonyl (C=O) groups excluding carboxylic acids is 1. The normalized spacial score (nSPS) is 17.0. The lowest BCUT2D eigenvalue weighted by atomic mass is 10.0. The summed E-state index contributed by atoms with van der Waals surface area (Å²) < 4.78 is 1.84. The van der Waals surface area contributed by atoms with Gasteiger partial charge in [-0.05, 0) is 50.9 Å². The van der Waals surface area contributed by atoms with E-state index in [2.05, 4.69) is 44.9 Å². The third-order valence-electron chi connectivity index (χ3n) is 4.59. The smallest absolute Gasteiger partial charge is 0.319 e. The Morgan fingerprint density at radius 1 is 1.32 bits per heavy atom. The lowest BCUT2D eigenvalue weighted by molar-refractivity contribution is 0.247. The molecule has 0 spiro atoms. The molecule has 0 saturated heterocycles. The maximum atomic E-state index is 12.3. The molecule has 1 aromatic heterocycles. The first kappa shape index (κ1) is 17.5. The van der Waals surface area contributed by atoms with E-state index in [9.17, 15) is 4.79 Å². The number of benzene rings is 1. The van der Waals surface area contributed by atoms with E-state index >= 15 is 0 Å². The van der Waals surface area contributed by atoms with E-state index in [1.807, 2.05) is 25.0 Å². The lowest BCUT2D eigenvalue weighted by Crippen LogP contribution is -2.38. The average molecular weight is 341 g/mol. The van der Waals surface area contributed by atoms with Gasteiger partial charge in [0, 0.05) is 18.8 Å². The van der Waals surface area contributed by atoms with Crippen molar-refractivity contribution in [1.82, 2.24) is 20.0 Å². The molecule has 2 aromatic rings. The zero-order valence-corrected chi connectivity index (χ0v) is 15.0. The summed E-state index contributed by atoms with van der Waals surface area (Å²) in [5.74, 6) is 0. The Kier molecular flexibility index (Phi) is 5.71. The Balaban J connectivity index is 1.52. The first-order valence-electron chi connectivity index (χ1n) is 8.91. The van der Waals surface area contributed by atoms with Crippen molar-refractivity contribution < 1.29 is 4.79 Å². The summed E-state index contributed by atoms with van der Waals surface area (Å²) in [5.41, 5.74) is 3.49. The van der Waals surface area contributed by atoms with Gasteiger partial charge in [-0.2, -0.15) is 5.10 Å². The number of urea groups is 1. The molecule has 6 nitrogen and oxygen atoms in total. The van der Waals surface area contributed by atoms with Crippen molar-refractivity contribution in [1.29, 1.82) is 0 Å². The third-order valence-corrected chi connectivity index (χ3v) is 4.59. The summed E-state index contributed by atoms with van der Waals surface area (Å²) in [4.78, 5) is 14.4. The lowest BCUT2D eigenvalue weighted by Gasteiger charge is -2.17. The van der Waals surface area contributed by atoms with Gasteiger partial charge in [-0.1, -0.05) is 24.3 Å². The predicted octanol–water partition coefficient (Wildman–Crippen LogP) is 2.51. The van der Waals surface area contributed by atoms with Crippen LogP contribution in [-0.4, -0.2) is 47.4 Å². The molecule has 2 N–H and O–H groups in total. The van der Waals surface area contributed by atoms with Crippen molar-refractivity contribution in [2.24, 2.45) is 0 Å². The van der Waals surface area contributed by atoms with Crippen molar-refractivity contribution in [2.45, 2.75) is 38.3 Å². The fourth-order valence-electron chi connectivity index (χ4n) is 3.24. The topological polar surface area (TPSA) is 62.2 Å². The number of amides is 2. The molecular formula is C19H27N5O. The van der Waals surface area contributed by atoms with Gasteiger partial charge < -0.3 is 15.5 Å². The summed E-state index contributed by atoms with van der Waals surface area (Å²) in [6, 6.07) is 8.54. The molecule has 2 amide bonds. The van der Waals surface area contributed by atoms with Crippen LogP contribution in [0.5, 0.6) is 0 Å². The SMILES string of the molecule is CN(C)CCn1cc(NC(=O)NC2CCCc3ccccc3C2)cn1. The highest BCUT2D eigenvalue weighted by Crippen LogP contribution is 2.20. The Morgan fingerprint density at radius 3 is 2.92 bits per heavy atom. The largest absolute Gasteiger partial charge is 0.335 e. The monoisotopic (exact) mass is 341 g/mol. The van der Waals surface area contributed by atoms with Gasteiger partial charge in [0.1, 0.15) is 0 Å². The van der Waals surface area contributed by atoms with Crippen LogP contribution in [0.1, 0.15) is 24.0 Å². The van der Waals surface area contributed by atoms with E-state index < -0.39 is 0 Å². The van der Waals surface area contributed by atoms with Gasteiger partial charge in [-0.15, -0.1) is 0 Å². The van der Waals surface area contributed by atoms with Crippen molar-refractivity contribution in [3.8, 4) is 0 Å². The van der Waals surface area contributed by atoms with Crippen LogP contribution >= 0.6 is 0 Å². The fraction of sp³-hybridized carbons (Fsp3) is 0.474. The van der Waals surface area contributed by atoms with Crippen LogP contribution in [0.4, 0.5) is 10.5 Å². The van der Waals surface area contributed by atoms with E-state index in [-0.39, 0.29) is 12.1 Å². The minimum absolute atomic E-state index is 0.156. The summed E-state index contributed by atoms with van der Waals surface area (Å²) in [6.07, 6.45) is 7.65. The van der Waals surface area contributed by atoms with Crippen LogP contribution in [0.15, 0.2) is 36.7 Å². The van der Waals surface area contributed by atoms with Crippen molar-refractivity contribution in [3.63, 3.8) is 0 Å². The quantitative estimate of drug-likeness (QED) is 0.822. The van der Waals surface area contributed by atoms with E-state index in [4.69, 9.17) is 0 Å². The van der Waals surface area contributed by atoms with Gasteiger partial charge in [0.15, 0.2) is 0 Å². The number of aryl methyl sites for hydroxylation is 1. The zero-order chi connectivity index (χ0) is 17.6. The second-order valence-electron chi connectivity index (χ2n) is 6.96. The highest BCUT2D eigenvalue weighted by atomic mass is 16.2. The third kappa shape index (κ3) is 5.06. The van der Waals surface area contributed by atoms with Gasteiger partial charge >= 0.3 is 6.03 Å². The van der Waals surface area contributed by atoms with Crippen LogP contribution in [0.25, 0.3) is 0 Å². The van der Waals surface area contributed by atoms with Gasteiger partial charge in [-0.25, -0.2) is 4.79 Å². The molecule has 1 atom stereocenters. The van der Waals surface area contributed by atoms with Gasteiger partial charge in [0.2, 0.25) is 0 Å². The summed E-state index contributed by atoms with van der Waals surface area (Å²) in [5, 5.41) is 10.3. The number of rotatable bonds is 5. The van der Waals surface area contributed by atoms with Crippen LogP contribution in [0.3, 0.4) is 0 Å². The highest BCUT2D eigenvalue weighted by Gasteiger charge is 2.18. The maximum Gasteiger partial charge on any atom is 0.319 e. The first-order chi connectivity index (χ1) is 12.1. The number of aromatic nitrogens is 2. The van der Waals surface area contributed by atoms with Crippen LogP contribution in [0.2, 0.25) is 0 Å². The van der Waals surface area contributed by atoms with Crippen LogP contribution in [-0.2, 0) is 19.4 Å². The van der Waals surface area contributed by atoms with Crippen molar-refractivity contribution >= 4 is 11.7 Å². The Labute approximate surface area is 149 Å². The van der Waals surface area contributed by atoms with Crippen molar-refractivity contribution in [2.75, 3.05) is 26.0 Å². The zero-order valence-electron chi connectivity index (χ0n) is 15.0. The summed E-state index contributed by atoms with van der Waals surface area (Å²) >= 11 is 0. The highest BCUT2D eigenvalue weighted by molar-refractivity contribution is 5.89. The molecule has 0 aliphatic heterocycles. The molecule has 25 heavy (non-hydrogen) atoms. The second-order valence-corrected chi connectivity index (χ2v) is 6.96. The number of carbonyl (C=O) groups is 1. The Bertz CT molecular complexity index is 709. The summed E-state index contributed by atoms with van der Waals surface area (Å²) in [6.45, 7) is 1.71. The van der Waals surface area contributed by atoms with Gasteiger partial charge in [-0.3, -0.25) is 4.68 Å². The van der Waals surface area contributed by atoms with E-state index in [0.29, 0.717) is 0 Å².